The fraction of sp³-hybridized carbons (Fsp3) is 0.737. The molecule has 0 unspecified atom stereocenters. The van der Waals surface area contributed by atoms with Crippen molar-refractivity contribution >= 4 is 18.0 Å². The smallest absolute Gasteiger partial charge is 0.407 e. The van der Waals surface area contributed by atoms with Crippen LogP contribution in [0.1, 0.15) is 45.2 Å². The van der Waals surface area contributed by atoms with Crippen molar-refractivity contribution in [1.82, 2.24) is 25.2 Å². The van der Waals surface area contributed by atoms with Crippen LogP contribution in [0.2, 0.25) is 0 Å². The molecule has 4 bridgehead atoms. The first kappa shape index (κ1) is 22.0. The quantitative estimate of drug-likeness (QED) is 0.712. The zero-order chi connectivity index (χ0) is 21.7. The van der Waals surface area contributed by atoms with E-state index in [1.165, 1.54) is 4.90 Å². The highest BCUT2D eigenvalue weighted by Crippen LogP contribution is 2.24. The first-order chi connectivity index (χ1) is 14.3. The number of fused-ring (bicyclic) bond motifs is 4. The summed E-state index contributed by atoms with van der Waals surface area (Å²) in [7, 11) is 0. The number of nitrogens with zero attached hydrogens (tertiary/aromatic N) is 4. The largest absolute Gasteiger partial charge is 0.480 e. The molecule has 2 aliphatic rings. The molecular formula is C19H29N5O6. The molecule has 11 heteroatoms. The summed E-state index contributed by atoms with van der Waals surface area (Å²) in [5, 5.41) is 20.4. The summed E-state index contributed by atoms with van der Waals surface area (Å²) in [6.07, 6.45) is 3.25. The van der Waals surface area contributed by atoms with Gasteiger partial charge in [-0.25, -0.2) is 9.59 Å². The van der Waals surface area contributed by atoms with Crippen molar-refractivity contribution in [3.8, 4) is 0 Å². The minimum absolute atomic E-state index is 0.129. The molecule has 1 saturated heterocycles. The van der Waals surface area contributed by atoms with Gasteiger partial charge in [-0.05, 0) is 25.2 Å². The molecule has 166 valence electrons. The van der Waals surface area contributed by atoms with E-state index in [2.05, 4.69) is 15.6 Å². The van der Waals surface area contributed by atoms with Gasteiger partial charge in [-0.1, -0.05) is 19.1 Å². The summed E-state index contributed by atoms with van der Waals surface area (Å²) in [6, 6.07) is -1.89. The first-order valence-electron chi connectivity index (χ1n) is 10.3. The predicted octanol–water partition coefficient (Wildman–Crippen LogP) is 0.784. The normalized spacial score (nSPS) is 26.6. The number of rotatable bonds is 2. The lowest BCUT2D eigenvalue weighted by molar-refractivity contribution is -0.149. The summed E-state index contributed by atoms with van der Waals surface area (Å²) in [4.78, 5) is 38.3. The average Bonchev–Trinajstić information content (AvgIpc) is 3.32. The highest BCUT2D eigenvalue weighted by Gasteiger charge is 2.43. The fourth-order valence-electron chi connectivity index (χ4n) is 3.69. The third kappa shape index (κ3) is 5.47. The Labute approximate surface area is 174 Å². The first-order valence-corrected chi connectivity index (χ1v) is 10.3. The zero-order valence-electron chi connectivity index (χ0n) is 17.3. The molecule has 2 amide bonds. The van der Waals surface area contributed by atoms with Gasteiger partial charge in [0, 0.05) is 19.5 Å². The van der Waals surface area contributed by atoms with E-state index in [1.54, 1.807) is 24.7 Å². The number of cyclic esters (lactones) is 1. The number of hydrogen-bond acceptors (Lipinski definition) is 7. The molecule has 0 saturated carbocycles. The van der Waals surface area contributed by atoms with Crippen LogP contribution >= 0.6 is 0 Å². The van der Waals surface area contributed by atoms with E-state index < -0.39 is 36.2 Å². The second kappa shape index (κ2) is 9.88. The summed E-state index contributed by atoms with van der Waals surface area (Å²) < 4.78 is 12.8. The lowest BCUT2D eigenvalue weighted by Gasteiger charge is -2.29. The molecule has 0 spiro atoms. The number of carbonyl (C=O) groups is 3. The molecule has 1 aromatic rings. The average molecular weight is 423 g/mol. The molecule has 0 aliphatic carbocycles. The molecule has 0 aromatic carbocycles. The Morgan fingerprint density at radius 1 is 1.30 bits per heavy atom. The van der Waals surface area contributed by atoms with Gasteiger partial charge in [0.15, 0.2) is 0 Å². The van der Waals surface area contributed by atoms with E-state index in [9.17, 15) is 19.5 Å². The molecule has 1 aromatic heterocycles. The standard InChI is InChI=1S/C19H29N5O6/c1-12(2)16-17(25)24-10-14(8-15(24)18(26)27)30-11-13-9-23(22-21-13)6-4-3-5-7-29-19(28)20-16/h9,12,14-16H,3-8,10-11H2,1-2H3,(H,20,28)(H,26,27)/t14-,15+,16+/m1/s1. The van der Waals surface area contributed by atoms with Crippen LogP contribution in [-0.4, -0.2) is 74.3 Å². The number of carboxylic acids is 1. The van der Waals surface area contributed by atoms with Gasteiger partial charge in [0.1, 0.15) is 17.8 Å². The third-order valence-electron chi connectivity index (χ3n) is 5.35. The topological polar surface area (TPSA) is 136 Å². The van der Waals surface area contributed by atoms with Crippen molar-refractivity contribution in [1.29, 1.82) is 0 Å². The van der Waals surface area contributed by atoms with E-state index in [0.29, 0.717) is 18.7 Å². The molecule has 30 heavy (non-hydrogen) atoms. The van der Waals surface area contributed by atoms with Gasteiger partial charge in [0.05, 0.1) is 25.5 Å². The van der Waals surface area contributed by atoms with Gasteiger partial charge in [0.25, 0.3) is 0 Å². The summed E-state index contributed by atoms with van der Waals surface area (Å²) in [5.41, 5.74) is 0.656. The minimum Gasteiger partial charge on any atom is -0.480 e. The van der Waals surface area contributed by atoms with E-state index >= 15 is 0 Å². The van der Waals surface area contributed by atoms with Crippen LogP contribution in [-0.2, 0) is 32.2 Å². The van der Waals surface area contributed by atoms with E-state index in [1.807, 2.05) is 0 Å². The number of aromatic nitrogens is 3. The van der Waals surface area contributed by atoms with Gasteiger partial charge < -0.3 is 24.8 Å². The Bertz CT molecular complexity index is 766. The molecule has 11 nitrogen and oxygen atoms in total. The van der Waals surface area contributed by atoms with E-state index in [-0.39, 0.29) is 32.1 Å². The third-order valence-corrected chi connectivity index (χ3v) is 5.35. The number of amides is 2. The maximum atomic E-state index is 13.1. The van der Waals surface area contributed by atoms with Gasteiger partial charge in [-0.2, -0.15) is 0 Å². The SMILES string of the molecule is CC(C)[C@@H]1NC(=O)OCCCCCn2cc(nn2)CO[C@@H]2C[C@@H](C(=O)O)N(C2)C1=O. The molecular weight excluding hydrogens is 394 g/mol. The number of aliphatic carboxylic acids is 1. The Morgan fingerprint density at radius 2 is 2.10 bits per heavy atom. The minimum atomic E-state index is -1.10. The summed E-state index contributed by atoms with van der Waals surface area (Å²) >= 11 is 0. The Kier molecular flexibility index (Phi) is 7.24. The number of hydrogen-bond donors (Lipinski definition) is 2. The molecule has 3 rings (SSSR count). The van der Waals surface area contributed by atoms with Gasteiger partial charge >= 0.3 is 12.1 Å². The molecule has 2 N–H and O–H groups in total. The Morgan fingerprint density at radius 3 is 2.83 bits per heavy atom. The number of nitrogens with one attached hydrogen (secondary N) is 1. The van der Waals surface area contributed by atoms with E-state index in [0.717, 1.165) is 12.8 Å². The van der Waals surface area contributed by atoms with Crippen molar-refractivity contribution in [2.75, 3.05) is 13.2 Å². The van der Waals surface area contributed by atoms with Crippen molar-refractivity contribution < 1.29 is 29.0 Å². The molecule has 1 fully saturated rings. The Hall–Kier alpha value is -2.69. The molecule has 2 aliphatic heterocycles. The highest BCUT2D eigenvalue weighted by atomic mass is 16.5. The van der Waals surface area contributed by atoms with Crippen molar-refractivity contribution in [3.63, 3.8) is 0 Å². The number of carbonyl (C=O) groups excluding carboxylic acids is 2. The number of aryl methyl sites for hydroxylation is 1. The van der Waals surface area contributed by atoms with Gasteiger partial charge in [-0.15, -0.1) is 5.10 Å². The van der Waals surface area contributed by atoms with Crippen LogP contribution in [0.5, 0.6) is 0 Å². The van der Waals surface area contributed by atoms with E-state index in [4.69, 9.17) is 9.47 Å². The summed E-state index contributed by atoms with van der Waals surface area (Å²) in [6.45, 7) is 4.84. The highest BCUT2D eigenvalue weighted by molar-refractivity contribution is 5.90. The lowest BCUT2D eigenvalue weighted by atomic mass is 10.0. The second-order valence-electron chi connectivity index (χ2n) is 8.05. The molecule has 3 heterocycles. The van der Waals surface area contributed by atoms with Crippen molar-refractivity contribution in [2.24, 2.45) is 5.92 Å². The van der Waals surface area contributed by atoms with Crippen LogP contribution in [0.25, 0.3) is 0 Å². The number of carboxylic acid groups (broad SMARTS) is 1. The monoisotopic (exact) mass is 423 g/mol. The molecule has 3 atom stereocenters. The molecule has 0 radical (unpaired) electrons. The van der Waals surface area contributed by atoms with Crippen LogP contribution in [0, 0.1) is 5.92 Å². The van der Waals surface area contributed by atoms with Crippen molar-refractivity contribution in [3.05, 3.63) is 11.9 Å². The van der Waals surface area contributed by atoms with Crippen LogP contribution in [0.3, 0.4) is 0 Å². The van der Waals surface area contributed by atoms with Crippen molar-refractivity contribution in [2.45, 2.75) is 70.9 Å². The van der Waals surface area contributed by atoms with Crippen LogP contribution in [0.15, 0.2) is 6.20 Å². The number of alkyl carbamates (subject to hydrolysis) is 1. The second-order valence-corrected chi connectivity index (χ2v) is 8.05. The number of ether oxygens (including phenoxy) is 2. The summed E-state index contributed by atoms with van der Waals surface area (Å²) in [5.74, 6) is -1.79. The van der Waals surface area contributed by atoms with Gasteiger partial charge in [0.2, 0.25) is 5.91 Å². The maximum absolute atomic E-state index is 13.1. The zero-order valence-corrected chi connectivity index (χ0v) is 17.3. The maximum Gasteiger partial charge on any atom is 0.407 e. The lowest BCUT2D eigenvalue weighted by Crippen LogP contribution is -2.54. The van der Waals surface area contributed by atoms with Gasteiger partial charge in [-0.3, -0.25) is 9.48 Å². The predicted molar refractivity (Wildman–Crippen MR) is 103 cm³/mol. The Balaban J connectivity index is 1.78. The van der Waals surface area contributed by atoms with Crippen LogP contribution in [0.4, 0.5) is 4.79 Å². The fourth-order valence-corrected chi connectivity index (χ4v) is 3.69. The van der Waals surface area contributed by atoms with Crippen LogP contribution < -0.4 is 5.32 Å².